The molecule has 2 amide bonds. The van der Waals surface area contributed by atoms with Gasteiger partial charge in [0.15, 0.2) is 0 Å². The van der Waals surface area contributed by atoms with E-state index in [0.717, 1.165) is 10.6 Å². The van der Waals surface area contributed by atoms with Crippen LogP contribution in [0.1, 0.15) is 18.1 Å². The highest BCUT2D eigenvalue weighted by atomic mass is 19.1. The zero-order valence-corrected chi connectivity index (χ0v) is 22.3. The SMILES string of the molecule is C=CCN1C(=O)C(C#N)=C(C)/C(=C\c2cn(-c3ccccc3)nc2-c2cccc(OCc3ccccc3F)c2)C1=O. The Morgan fingerprint density at radius 2 is 1.78 bits per heavy atom. The lowest BCUT2D eigenvalue weighted by molar-refractivity contribution is -0.139. The molecule has 2 heterocycles. The van der Waals surface area contributed by atoms with Crippen molar-refractivity contribution in [2.45, 2.75) is 13.5 Å². The van der Waals surface area contributed by atoms with E-state index < -0.39 is 11.8 Å². The summed E-state index contributed by atoms with van der Waals surface area (Å²) in [5.41, 5.74) is 3.47. The Bertz CT molecular complexity index is 1760. The first-order chi connectivity index (χ1) is 19.9. The van der Waals surface area contributed by atoms with E-state index in [2.05, 4.69) is 6.58 Å². The molecule has 0 unspecified atom stereocenters. The molecule has 0 N–H and O–H groups in total. The Kier molecular flexibility index (Phi) is 7.70. The van der Waals surface area contributed by atoms with Crippen molar-refractivity contribution in [1.29, 1.82) is 5.26 Å². The van der Waals surface area contributed by atoms with E-state index in [1.165, 1.54) is 12.1 Å². The maximum Gasteiger partial charge on any atom is 0.271 e. The molecule has 0 saturated heterocycles. The normalized spacial score (nSPS) is 14.4. The van der Waals surface area contributed by atoms with Gasteiger partial charge in [-0.2, -0.15) is 10.4 Å². The molecule has 1 aromatic heterocycles. The molecule has 41 heavy (non-hydrogen) atoms. The van der Waals surface area contributed by atoms with Gasteiger partial charge in [-0.15, -0.1) is 6.58 Å². The fourth-order valence-electron chi connectivity index (χ4n) is 4.52. The van der Waals surface area contributed by atoms with E-state index in [1.54, 1.807) is 60.3 Å². The van der Waals surface area contributed by atoms with E-state index in [1.807, 2.05) is 42.5 Å². The number of halogens is 1. The lowest BCUT2D eigenvalue weighted by atomic mass is 9.93. The lowest BCUT2D eigenvalue weighted by Crippen LogP contribution is -2.42. The number of benzene rings is 3. The van der Waals surface area contributed by atoms with Crippen LogP contribution in [0.15, 0.2) is 114 Å². The number of aromatic nitrogens is 2. The van der Waals surface area contributed by atoms with Gasteiger partial charge in [0, 0.05) is 35.0 Å². The summed E-state index contributed by atoms with van der Waals surface area (Å²) in [7, 11) is 0. The summed E-state index contributed by atoms with van der Waals surface area (Å²) in [6.07, 6.45) is 4.87. The summed E-state index contributed by atoms with van der Waals surface area (Å²) < 4.78 is 21.7. The molecule has 4 aromatic rings. The Hall–Kier alpha value is -5.55. The summed E-state index contributed by atoms with van der Waals surface area (Å²) in [6.45, 7) is 5.24. The van der Waals surface area contributed by atoms with Gasteiger partial charge in [0.2, 0.25) is 0 Å². The molecule has 7 nitrogen and oxygen atoms in total. The van der Waals surface area contributed by atoms with Crippen LogP contribution in [0.2, 0.25) is 0 Å². The number of carbonyl (C=O) groups excluding carboxylic acids is 2. The minimum absolute atomic E-state index is 0.0228. The van der Waals surface area contributed by atoms with Crippen LogP contribution in [0.3, 0.4) is 0 Å². The van der Waals surface area contributed by atoms with E-state index in [0.29, 0.717) is 33.7 Å². The van der Waals surface area contributed by atoms with Crippen LogP contribution < -0.4 is 4.74 Å². The average molecular weight is 545 g/mol. The molecule has 3 aromatic carbocycles. The first-order valence-corrected chi connectivity index (χ1v) is 12.8. The van der Waals surface area contributed by atoms with Crippen LogP contribution in [0.5, 0.6) is 5.75 Å². The highest BCUT2D eigenvalue weighted by Gasteiger charge is 2.35. The van der Waals surface area contributed by atoms with Gasteiger partial charge in [-0.1, -0.05) is 54.6 Å². The maximum atomic E-state index is 14.1. The first-order valence-electron chi connectivity index (χ1n) is 12.8. The number of hydrogen-bond donors (Lipinski definition) is 0. The Morgan fingerprint density at radius 3 is 2.51 bits per heavy atom. The number of hydrogen-bond acceptors (Lipinski definition) is 5. The Labute approximate surface area is 236 Å². The van der Waals surface area contributed by atoms with Gasteiger partial charge in [0.1, 0.15) is 35.5 Å². The van der Waals surface area contributed by atoms with Crippen molar-refractivity contribution in [3.05, 3.63) is 131 Å². The Balaban J connectivity index is 1.60. The average Bonchev–Trinajstić information content (AvgIpc) is 3.42. The van der Waals surface area contributed by atoms with Crippen LogP contribution >= 0.6 is 0 Å². The van der Waals surface area contributed by atoms with Crippen molar-refractivity contribution in [3.63, 3.8) is 0 Å². The molecule has 0 bridgehead atoms. The second kappa shape index (κ2) is 11.7. The second-order valence-electron chi connectivity index (χ2n) is 9.30. The number of nitrogens with zero attached hydrogens (tertiary/aromatic N) is 4. The van der Waals surface area contributed by atoms with Gasteiger partial charge >= 0.3 is 0 Å². The number of para-hydroxylation sites is 1. The van der Waals surface area contributed by atoms with E-state index >= 15 is 0 Å². The molecule has 0 radical (unpaired) electrons. The van der Waals surface area contributed by atoms with Crippen molar-refractivity contribution < 1.29 is 18.7 Å². The van der Waals surface area contributed by atoms with Crippen molar-refractivity contribution in [1.82, 2.24) is 14.7 Å². The monoisotopic (exact) mass is 544 g/mol. The molecular weight excluding hydrogens is 519 g/mol. The number of imide groups is 1. The van der Waals surface area contributed by atoms with Gasteiger partial charge < -0.3 is 4.74 Å². The van der Waals surface area contributed by atoms with Gasteiger partial charge in [-0.05, 0) is 48.9 Å². The quantitative estimate of drug-likeness (QED) is 0.153. The largest absolute Gasteiger partial charge is 0.489 e. The number of ether oxygens (including phenoxy) is 1. The smallest absolute Gasteiger partial charge is 0.271 e. The van der Waals surface area contributed by atoms with Crippen LogP contribution in [-0.4, -0.2) is 33.0 Å². The van der Waals surface area contributed by atoms with Gasteiger partial charge in [-0.25, -0.2) is 9.07 Å². The minimum Gasteiger partial charge on any atom is -0.489 e. The number of nitriles is 1. The van der Waals surface area contributed by atoms with Crippen molar-refractivity contribution in [3.8, 4) is 28.8 Å². The number of carbonyl (C=O) groups is 2. The molecule has 0 aliphatic carbocycles. The molecule has 1 aliphatic rings. The third-order valence-corrected chi connectivity index (χ3v) is 6.66. The highest BCUT2D eigenvalue weighted by Crippen LogP contribution is 2.32. The summed E-state index contributed by atoms with van der Waals surface area (Å²) in [5.74, 6) is -1.00. The predicted octanol–water partition coefficient (Wildman–Crippen LogP) is 6.04. The summed E-state index contributed by atoms with van der Waals surface area (Å²) >= 11 is 0. The van der Waals surface area contributed by atoms with Crippen molar-refractivity contribution in [2.24, 2.45) is 0 Å². The molecule has 0 fully saturated rings. The summed E-state index contributed by atoms with van der Waals surface area (Å²) in [6, 6.07) is 25.1. The lowest BCUT2D eigenvalue weighted by Gasteiger charge is -2.26. The first kappa shape index (κ1) is 27.0. The predicted molar refractivity (Wildman–Crippen MR) is 153 cm³/mol. The van der Waals surface area contributed by atoms with E-state index in [9.17, 15) is 19.2 Å². The van der Waals surface area contributed by atoms with E-state index in [-0.39, 0.29) is 30.1 Å². The molecule has 0 spiro atoms. The number of rotatable bonds is 8. The number of amides is 2. The second-order valence-corrected chi connectivity index (χ2v) is 9.30. The van der Waals surface area contributed by atoms with Crippen LogP contribution in [0.25, 0.3) is 23.0 Å². The standard InChI is InChI=1S/C33H25FN4O3/c1-3-16-37-32(39)28(22(2)29(19-35)33(37)40)18-25-20-38(26-12-5-4-6-13-26)36-31(25)23-11-9-14-27(17-23)41-21-24-10-7-8-15-30(24)34/h3-15,17-18,20H,1,16,21H2,2H3/b28-18+. The zero-order valence-electron chi connectivity index (χ0n) is 22.3. The molecule has 8 heteroatoms. The van der Waals surface area contributed by atoms with Crippen LogP contribution in [0.4, 0.5) is 4.39 Å². The van der Waals surface area contributed by atoms with Crippen LogP contribution in [0, 0.1) is 17.1 Å². The summed E-state index contributed by atoms with van der Waals surface area (Å²) in [5, 5.41) is 14.5. The van der Waals surface area contributed by atoms with E-state index in [4.69, 9.17) is 9.84 Å². The molecule has 5 rings (SSSR count). The third-order valence-electron chi connectivity index (χ3n) is 6.66. The Morgan fingerprint density at radius 1 is 1.02 bits per heavy atom. The van der Waals surface area contributed by atoms with Crippen molar-refractivity contribution >= 4 is 17.9 Å². The zero-order chi connectivity index (χ0) is 28.9. The van der Waals surface area contributed by atoms with Gasteiger partial charge in [0.05, 0.1) is 5.69 Å². The topological polar surface area (TPSA) is 88.2 Å². The molecule has 0 saturated carbocycles. The van der Waals surface area contributed by atoms with Crippen molar-refractivity contribution in [2.75, 3.05) is 6.54 Å². The maximum absolute atomic E-state index is 14.1. The molecular formula is C33H25FN4O3. The summed E-state index contributed by atoms with van der Waals surface area (Å²) in [4.78, 5) is 27.2. The highest BCUT2D eigenvalue weighted by molar-refractivity contribution is 6.19. The fourth-order valence-corrected chi connectivity index (χ4v) is 4.52. The molecule has 202 valence electrons. The molecule has 0 atom stereocenters. The minimum atomic E-state index is -0.646. The van der Waals surface area contributed by atoms with Crippen LogP contribution in [-0.2, 0) is 16.2 Å². The van der Waals surface area contributed by atoms with Gasteiger partial charge in [-0.3, -0.25) is 14.5 Å². The van der Waals surface area contributed by atoms with Gasteiger partial charge in [0.25, 0.3) is 11.8 Å². The third kappa shape index (κ3) is 5.47. The fraction of sp³-hybridized carbons (Fsp3) is 0.0909. The molecule has 1 aliphatic heterocycles.